The van der Waals surface area contributed by atoms with Crippen LogP contribution in [-0.2, 0) is 21.4 Å². The van der Waals surface area contributed by atoms with Crippen molar-refractivity contribution in [2.75, 3.05) is 19.8 Å². The van der Waals surface area contributed by atoms with E-state index in [1.807, 2.05) is 27.8 Å². The summed E-state index contributed by atoms with van der Waals surface area (Å²) < 4.78 is 7.09. The summed E-state index contributed by atoms with van der Waals surface area (Å²) in [5.74, 6) is -1.33. The average Bonchev–Trinajstić information content (AvgIpc) is 2.70. The fraction of sp³-hybridized carbons (Fsp3) is 0.667. The quantitative estimate of drug-likeness (QED) is 0.891. The van der Waals surface area contributed by atoms with Crippen molar-refractivity contribution in [3.63, 3.8) is 0 Å². The molecule has 2 rings (SSSR count). The van der Waals surface area contributed by atoms with E-state index in [9.17, 15) is 9.59 Å². The highest BCUT2D eigenvalue weighted by molar-refractivity contribution is 5.85. The lowest BCUT2D eigenvalue weighted by Crippen LogP contribution is -2.50. The van der Waals surface area contributed by atoms with Crippen molar-refractivity contribution in [1.29, 1.82) is 0 Å². The third-order valence-electron chi connectivity index (χ3n) is 4.29. The Balaban J connectivity index is 2.22. The highest BCUT2D eigenvalue weighted by Gasteiger charge is 2.33. The first kappa shape index (κ1) is 16.5. The van der Waals surface area contributed by atoms with Gasteiger partial charge in [-0.2, -0.15) is 5.10 Å². The number of carboxylic acids is 1. The van der Waals surface area contributed by atoms with Crippen LogP contribution in [0.3, 0.4) is 0 Å². The molecule has 1 aromatic heterocycles. The Morgan fingerprint density at radius 2 is 2.14 bits per heavy atom. The van der Waals surface area contributed by atoms with Gasteiger partial charge in [-0.1, -0.05) is 0 Å². The molecule has 1 aliphatic heterocycles. The zero-order chi connectivity index (χ0) is 16.4. The fourth-order valence-corrected chi connectivity index (χ4v) is 3.10. The molecule has 0 aromatic carbocycles. The van der Waals surface area contributed by atoms with Crippen LogP contribution >= 0.6 is 0 Å². The summed E-state index contributed by atoms with van der Waals surface area (Å²) in [5, 5.41) is 13.4. The van der Waals surface area contributed by atoms with Crippen LogP contribution in [0, 0.1) is 13.8 Å². The van der Waals surface area contributed by atoms with Gasteiger partial charge in [0.15, 0.2) is 0 Å². The van der Waals surface area contributed by atoms with Crippen LogP contribution in [-0.4, -0.2) is 57.5 Å². The molecule has 0 aliphatic carbocycles. The predicted molar refractivity (Wildman–Crippen MR) is 79.7 cm³/mol. The zero-order valence-corrected chi connectivity index (χ0v) is 13.5. The minimum absolute atomic E-state index is 0.0613. The summed E-state index contributed by atoms with van der Waals surface area (Å²) in [4.78, 5) is 25.5. The lowest BCUT2D eigenvalue weighted by molar-refractivity contribution is -0.147. The Morgan fingerprint density at radius 1 is 1.45 bits per heavy atom. The normalized spacial score (nSPS) is 20.0. The van der Waals surface area contributed by atoms with Crippen LogP contribution in [0.1, 0.15) is 36.2 Å². The number of carboxylic acid groups (broad SMARTS) is 1. The third-order valence-corrected chi connectivity index (χ3v) is 4.29. The number of morpholine rings is 1. The van der Waals surface area contributed by atoms with E-state index in [0.29, 0.717) is 13.2 Å². The topological polar surface area (TPSA) is 84.7 Å². The Kier molecular flexibility index (Phi) is 4.85. The molecule has 0 spiro atoms. The summed E-state index contributed by atoms with van der Waals surface area (Å²) in [6, 6.07) is -0.404. The van der Waals surface area contributed by atoms with Crippen LogP contribution < -0.4 is 0 Å². The smallest absolute Gasteiger partial charge is 0.305 e. The van der Waals surface area contributed by atoms with Crippen LogP contribution in [0.25, 0.3) is 0 Å². The first-order valence-corrected chi connectivity index (χ1v) is 7.43. The summed E-state index contributed by atoms with van der Waals surface area (Å²) in [7, 11) is 1.85. The Bertz CT molecular complexity index is 582. The molecule has 2 heterocycles. The van der Waals surface area contributed by atoms with E-state index in [2.05, 4.69) is 5.10 Å². The maximum atomic E-state index is 12.8. The zero-order valence-electron chi connectivity index (χ0n) is 13.5. The van der Waals surface area contributed by atoms with E-state index >= 15 is 0 Å². The molecule has 1 N–H and O–H groups in total. The molecule has 2 atom stereocenters. The number of aliphatic carboxylic acids is 1. The van der Waals surface area contributed by atoms with Crippen molar-refractivity contribution in [2.24, 2.45) is 7.05 Å². The van der Waals surface area contributed by atoms with Crippen LogP contribution in [0.5, 0.6) is 0 Å². The number of carbonyl (C=O) groups excluding carboxylic acids is 1. The molecule has 122 valence electrons. The number of rotatable bonds is 4. The predicted octanol–water partition coefficient (Wildman–Crippen LogP) is 0.843. The summed E-state index contributed by atoms with van der Waals surface area (Å²) in [6.07, 6.45) is -0.0938. The van der Waals surface area contributed by atoms with Crippen molar-refractivity contribution in [2.45, 2.75) is 39.2 Å². The second-order valence-electron chi connectivity index (χ2n) is 5.79. The van der Waals surface area contributed by atoms with Gasteiger partial charge in [0, 0.05) is 24.8 Å². The monoisotopic (exact) mass is 309 g/mol. The molecule has 22 heavy (non-hydrogen) atoms. The first-order valence-electron chi connectivity index (χ1n) is 7.43. The van der Waals surface area contributed by atoms with Crippen molar-refractivity contribution in [3.8, 4) is 0 Å². The minimum atomic E-state index is -0.922. The van der Waals surface area contributed by atoms with Gasteiger partial charge >= 0.3 is 5.97 Å². The van der Waals surface area contributed by atoms with E-state index < -0.39 is 12.0 Å². The molecule has 1 amide bonds. The second kappa shape index (κ2) is 6.48. The molecule has 2 unspecified atom stereocenters. The molecular weight excluding hydrogens is 286 g/mol. The first-order chi connectivity index (χ1) is 10.3. The molecule has 0 radical (unpaired) electrons. The van der Waals surface area contributed by atoms with Crippen molar-refractivity contribution >= 4 is 11.9 Å². The van der Waals surface area contributed by atoms with E-state index in [4.69, 9.17) is 9.84 Å². The van der Waals surface area contributed by atoms with E-state index in [1.54, 1.807) is 9.58 Å². The average molecular weight is 309 g/mol. The highest BCUT2D eigenvalue weighted by Crippen LogP contribution is 2.26. The standard InChI is InChI=1S/C15H23N3O4/c1-9(14-10(2)16-17(4)11(14)3)15(21)18-5-6-22-8-12(18)7-13(19)20/h9,12H,5-8H2,1-4H3,(H,19,20). The number of nitrogens with zero attached hydrogens (tertiary/aromatic N) is 3. The third kappa shape index (κ3) is 3.14. The van der Waals surface area contributed by atoms with Crippen molar-refractivity contribution < 1.29 is 19.4 Å². The number of amides is 1. The number of carbonyl (C=O) groups is 2. The lowest BCUT2D eigenvalue weighted by atomic mass is 9.96. The molecule has 7 heteroatoms. The molecule has 7 nitrogen and oxygen atoms in total. The van der Waals surface area contributed by atoms with Crippen LogP contribution in [0.4, 0.5) is 0 Å². The van der Waals surface area contributed by atoms with Gasteiger partial charge in [-0.25, -0.2) is 0 Å². The molecule has 1 aromatic rings. The van der Waals surface area contributed by atoms with Gasteiger partial charge in [-0.15, -0.1) is 0 Å². The minimum Gasteiger partial charge on any atom is -0.481 e. The Hall–Kier alpha value is -1.89. The van der Waals surface area contributed by atoms with Gasteiger partial charge < -0.3 is 14.7 Å². The van der Waals surface area contributed by atoms with Gasteiger partial charge in [-0.3, -0.25) is 14.3 Å². The van der Waals surface area contributed by atoms with Gasteiger partial charge in [-0.05, 0) is 20.8 Å². The fourth-order valence-electron chi connectivity index (χ4n) is 3.10. The largest absolute Gasteiger partial charge is 0.481 e. The van der Waals surface area contributed by atoms with Crippen LogP contribution in [0.2, 0.25) is 0 Å². The van der Waals surface area contributed by atoms with Gasteiger partial charge in [0.2, 0.25) is 5.91 Å². The molecule has 1 aliphatic rings. The van der Waals surface area contributed by atoms with Crippen molar-refractivity contribution in [1.82, 2.24) is 14.7 Å². The number of aryl methyl sites for hydroxylation is 2. The van der Waals surface area contributed by atoms with E-state index in [0.717, 1.165) is 17.0 Å². The maximum absolute atomic E-state index is 12.8. The number of ether oxygens (including phenoxy) is 1. The van der Waals surface area contributed by atoms with Gasteiger partial charge in [0.05, 0.1) is 37.3 Å². The summed E-state index contributed by atoms with van der Waals surface area (Å²) in [6.45, 7) is 6.83. The summed E-state index contributed by atoms with van der Waals surface area (Å²) in [5.41, 5.74) is 2.72. The molecular formula is C15H23N3O4. The van der Waals surface area contributed by atoms with E-state index in [-0.39, 0.29) is 24.9 Å². The van der Waals surface area contributed by atoms with Gasteiger partial charge in [0.25, 0.3) is 0 Å². The SMILES string of the molecule is Cc1nn(C)c(C)c1C(C)C(=O)N1CCOCC1CC(=O)O. The van der Waals surface area contributed by atoms with Gasteiger partial charge in [0.1, 0.15) is 0 Å². The summed E-state index contributed by atoms with van der Waals surface area (Å²) >= 11 is 0. The molecule has 1 fully saturated rings. The molecule has 0 bridgehead atoms. The molecule has 1 saturated heterocycles. The molecule has 0 saturated carbocycles. The highest BCUT2D eigenvalue weighted by atomic mass is 16.5. The van der Waals surface area contributed by atoms with Crippen molar-refractivity contribution in [3.05, 3.63) is 17.0 Å². The Labute approximate surface area is 129 Å². The number of hydrogen-bond donors (Lipinski definition) is 1. The second-order valence-corrected chi connectivity index (χ2v) is 5.79. The van der Waals surface area contributed by atoms with E-state index in [1.165, 1.54) is 0 Å². The van der Waals surface area contributed by atoms with Crippen LogP contribution in [0.15, 0.2) is 0 Å². The Morgan fingerprint density at radius 3 is 2.68 bits per heavy atom. The maximum Gasteiger partial charge on any atom is 0.305 e. The number of aromatic nitrogens is 2. The lowest BCUT2D eigenvalue weighted by Gasteiger charge is -2.36. The number of hydrogen-bond acceptors (Lipinski definition) is 4.